The zero-order valence-electron chi connectivity index (χ0n) is 40.1. The molecule has 0 aliphatic carbocycles. The first-order valence-corrected chi connectivity index (χ1v) is 25.1. The highest BCUT2D eigenvalue weighted by Gasteiger charge is 2.17. The van der Waals surface area contributed by atoms with Crippen LogP contribution in [-0.2, 0) is 23.8 Å². The molecule has 350 valence electrons. The second-order valence-electron chi connectivity index (χ2n) is 16.0. The number of carbonyl (C=O) groups excluding carboxylic acids is 2. The van der Waals surface area contributed by atoms with Gasteiger partial charge in [0.2, 0.25) is 0 Å². The normalized spacial score (nSPS) is 13.3. The van der Waals surface area contributed by atoms with Crippen LogP contribution in [0, 0.1) is 0 Å². The van der Waals surface area contributed by atoms with E-state index < -0.39 is 6.10 Å². The Labute approximate surface area is 382 Å². The predicted octanol–water partition coefficient (Wildman–Crippen LogP) is 17.0. The van der Waals surface area contributed by atoms with Crippen LogP contribution < -0.4 is 0 Å². The summed E-state index contributed by atoms with van der Waals surface area (Å²) >= 11 is 0. The minimum Gasteiger partial charge on any atom is -0.462 e. The molecule has 0 aromatic carbocycles. The molecule has 0 aromatic heterocycles. The van der Waals surface area contributed by atoms with E-state index >= 15 is 0 Å². The third kappa shape index (κ3) is 49.0. The van der Waals surface area contributed by atoms with Crippen molar-refractivity contribution in [1.82, 2.24) is 0 Å². The van der Waals surface area contributed by atoms with E-state index in [9.17, 15) is 9.59 Å². The summed E-state index contributed by atoms with van der Waals surface area (Å²) in [5.41, 5.74) is 0. The van der Waals surface area contributed by atoms with Crippen molar-refractivity contribution in [2.45, 2.75) is 207 Å². The minimum atomic E-state index is -0.568. The van der Waals surface area contributed by atoms with E-state index in [0.29, 0.717) is 19.4 Å². The van der Waals surface area contributed by atoms with E-state index in [4.69, 9.17) is 14.2 Å². The maximum atomic E-state index is 12.7. The molecule has 0 amide bonds. The SMILES string of the molecule is CC/C=C\C/C=C\C/C=C\C/C=C\C/C=C\CCCCCCOCC(COC(=O)CCCCC/C=C\C/C=C\C/C=C\C/C=C\C/C=C\CC)OC(=O)CCCCCCCCC. The molecule has 62 heavy (non-hydrogen) atoms. The minimum absolute atomic E-state index is 0.0505. The zero-order valence-corrected chi connectivity index (χ0v) is 40.1. The number of unbranched alkanes of at least 4 members (excludes halogenated alkanes) is 13. The highest BCUT2D eigenvalue weighted by molar-refractivity contribution is 5.70. The van der Waals surface area contributed by atoms with Crippen molar-refractivity contribution in [3.05, 3.63) is 122 Å². The van der Waals surface area contributed by atoms with Crippen LogP contribution in [0.3, 0.4) is 0 Å². The maximum Gasteiger partial charge on any atom is 0.306 e. The topological polar surface area (TPSA) is 61.8 Å². The quantitative estimate of drug-likeness (QED) is 0.0347. The Morgan fingerprint density at radius 1 is 0.371 bits per heavy atom. The third-order valence-electron chi connectivity index (χ3n) is 9.99. The molecule has 0 spiro atoms. The molecule has 0 saturated carbocycles. The molecule has 0 radical (unpaired) electrons. The van der Waals surface area contributed by atoms with Gasteiger partial charge in [-0.05, 0) is 109 Å². The van der Waals surface area contributed by atoms with Crippen molar-refractivity contribution < 1.29 is 23.8 Å². The number of allylic oxidation sites excluding steroid dienone is 20. The Kier molecular flexibility index (Phi) is 48.6. The fourth-order valence-electron chi connectivity index (χ4n) is 6.33. The highest BCUT2D eigenvalue weighted by Crippen LogP contribution is 2.12. The van der Waals surface area contributed by atoms with E-state index in [1.165, 1.54) is 32.1 Å². The number of ether oxygens (including phenoxy) is 3. The molecule has 5 heteroatoms. The molecule has 1 atom stereocenters. The largest absolute Gasteiger partial charge is 0.462 e. The molecule has 0 bridgehead atoms. The first kappa shape index (κ1) is 58.3. The Balaban J connectivity index is 4.27. The van der Waals surface area contributed by atoms with E-state index in [1.807, 2.05) is 0 Å². The van der Waals surface area contributed by atoms with Crippen molar-refractivity contribution in [3.8, 4) is 0 Å². The number of hydrogen-bond acceptors (Lipinski definition) is 5. The summed E-state index contributed by atoms with van der Waals surface area (Å²) in [6.07, 6.45) is 72.2. The van der Waals surface area contributed by atoms with E-state index in [2.05, 4.69) is 142 Å². The van der Waals surface area contributed by atoms with Gasteiger partial charge in [-0.1, -0.05) is 200 Å². The van der Waals surface area contributed by atoms with Crippen molar-refractivity contribution in [2.75, 3.05) is 19.8 Å². The molecular weight excluding hydrogens is 765 g/mol. The van der Waals surface area contributed by atoms with Gasteiger partial charge >= 0.3 is 11.9 Å². The van der Waals surface area contributed by atoms with Gasteiger partial charge in [0.05, 0.1) is 6.61 Å². The summed E-state index contributed by atoms with van der Waals surface area (Å²) in [7, 11) is 0. The number of esters is 2. The summed E-state index contributed by atoms with van der Waals surface area (Å²) in [5.74, 6) is -0.464. The summed E-state index contributed by atoms with van der Waals surface area (Å²) in [6.45, 7) is 7.45. The number of hydrogen-bond donors (Lipinski definition) is 0. The van der Waals surface area contributed by atoms with Crippen LogP contribution in [0.1, 0.15) is 201 Å². The van der Waals surface area contributed by atoms with Crippen LogP contribution >= 0.6 is 0 Å². The molecule has 0 N–H and O–H groups in total. The second kappa shape index (κ2) is 51.6. The summed E-state index contributed by atoms with van der Waals surface area (Å²) in [6, 6.07) is 0. The average Bonchev–Trinajstić information content (AvgIpc) is 3.27. The van der Waals surface area contributed by atoms with Crippen LogP contribution in [0.2, 0.25) is 0 Å². The molecule has 0 fully saturated rings. The van der Waals surface area contributed by atoms with Gasteiger partial charge in [0.15, 0.2) is 6.10 Å². The first-order valence-electron chi connectivity index (χ1n) is 25.1. The second-order valence-corrected chi connectivity index (χ2v) is 16.0. The van der Waals surface area contributed by atoms with Gasteiger partial charge in [0, 0.05) is 19.4 Å². The molecule has 0 aliphatic heterocycles. The zero-order chi connectivity index (χ0) is 44.9. The van der Waals surface area contributed by atoms with E-state index in [1.54, 1.807) is 0 Å². The molecule has 0 saturated heterocycles. The smallest absolute Gasteiger partial charge is 0.306 e. The van der Waals surface area contributed by atoms with Gasteiger partial charge in [-0.2, -0.15) is 0 Å². The monoisotopic (exact) mass is 857 g/mol. The average molecular weight is 857 g/mol. The maximum absolute atomic E-state index is 12.7. The Bertz CT molecular complexity index is 1290. The van der Waals surface area contributed by atoms with E-state index in [0.717, 1.165) is 135 Å². The lowest BCUT2D eigenvalue weighted by Crippen LogP contribution is -2.30. The number of rotatable bonds is 44. The van der Waals surface area contributed by atoms with Crippen molar-refractivity contribution in [1.29, 1.82) is 0 Å². The molecule has 0 aromatic rings. The number of carbonyl (C=O) groups is 2. The Morgan fingerprint density at radius 2 is 0.726 bits per heavy atom. The Morgan fingerprint density at radius 3 is 1.18 bits per heavy atom. The highest BCUT2D eigenvalue weighted by atomic mass is 16.6. The van der Waals surface area contributed by atoms with Gasteiger partial charge < -0.3 is 14.2 Å². The van der Waals surface area contributed by atoms with Crippen molar-refractivity contribution in [3.63, 3.8) is 0 Å². The summed E-state index contributed by atoms with van der Waals surface area (Å²) < 4.78 is 17.3. The molecule has 1 unspecified atom stereocenters. The van der Waals surface area contributed by atoms with Crippen LogP contribution in [0.5, 0.6) is 0 Å². The molecule has 0 rings (SSSR count). The Hall–Kier alpha value is -3.70. The van der Waals surface area contributed by atoms with Gasteiger partial charge in [-0.3, -0.25) is 9.59 Å². The molecule has 0 aliphatic rings. The van der Waals surface area contributed by atoms with Crippen LogP contribution in [-0.4, -0.2) is 37.9 Å². The summed E-state index contributed by atoms with van der Waals surface area (Å²) in [4.78, 5) is 25.2. The van der Waals surface area contributed by atoms with Crippen molar-refractivity contribution >= 4 is 11.9 Å². The van der Waals surface area contributed by atoms with Crippen LogP contribution in [0.4, 0.5) is 0 Å². The van der Waals surface area contributed by atoms with Gasteiger partial charge in [-0.15, -0.1) is 0 Å². The fraction of sp³-hybridized carbons (Fsp3) is 0.614. The standard InChI is InChI=1S/C57H92O5/c1-4-7-10-13-16-18-20-22-24-26-28-30-32-34-36-38-40-43-46-49-52-60-53-55(62-57(59)51-48-45-41-15-12-9-6-3)54-61-56(58)50-47-44-42-39-37-35-33-31-29-27-25-23-21-19-17-14-11-8-5-2/h7-8,10-11,16-19,22-25,28-31,34-37,55H,4-6,9,12-15,20-21,26-27,32-33,38-54H2,1-3H3/b10-7-,11-8-,18-16-,19-17-,24-22-,25-23-,30-28-,31-29-,36-34-,37-35-. The molecule has 0 heterocycles. The van der Waals surface area contributed by atoms with Gasteiger partial charge in [-0.25, -0.2) is 0 Å². The molecule has 5 nitrogen and oxygen atoms in total. The lowest BCUT2D eigenvalue weighted by atomic mass is 10.1. The lowest BCUT2D eigenvalue weighted by molar-refractivity contribution is -0.163. The fourth-order valence-corrected chi connectivity index (χ4v) is 6.33. The lowest BCUT2D eigenvalue weighted by Gasteiger charge is -2.18. The van der Waals surface area contributed by atoms with Crippen LogP contribution in [0.15, 0.2) is 122 Å². The van der Waals surface area contributed by atoms with Gasteiger partial charge in [0.1, 0.15) is 6.61 Å². The van der Waals surface area contributed by atoms with E-state index in [-0.39, 0.29) is 25.2 Å². The van der Waals surface area contributed by atoms with Crippen molar-refractivity contribution in [2.24, 2.45) is 0 Å². The first-order chi connectivity index (χ1) is 30.6. The van der Waals surface area contributed by atoms with Gasteiger partial charge in [0.25, 0.3) is 0 Å². The molecular formula is C57H92O5. The predicted molar refractivity (Wildman–Crippen MR) is 269 cm³/mol. The third-order valence-corrected chi connectivity index (χ3v) is 9.99. The van der Waals surface area contributed by atoms with Crippen LogP contribution in [0.25, 0.3) is 0 Å². The summed E-state index contributed by atoms with van der Waals surface area (Å²) in [5, 5.41) is 0.